The van der Waals surface area contributed by atoms with Crippen LogP contribution in [0.15, 0.2) is 17.7 Å². The Morgan fingerprint density at radius 3 is 2.46 bits per heavy atom. The molecule has 0 fully saturated rings. The van der Waals surface area contributed by atoms with Gasteiger partial charge in [-0.1, -0.05) is 33.1 Å². The van der Waals surface area contributed by atoms with Crippen LogP contribution in [0.3, 0.4) is 0 Å². The van der Waals surface area contributed by atoms with Crippen LogP contribution in [0.5, 0.6) is 0 Å². The van der Waals surface area contributed by atoms with Gasteiger partial charge in [-0.3, -0.25) is 0 Å². The predicted molar refractivity (Wildman–Crippen MR) is 122 cm³/mol. The Morgan fingerprint density at radius 1 is 1.11 bits per heavy atom. The van der Waals surface area contributed by atoms with Crippen LogP contribution < -0.4 is 0 Å². The summed E-state index contributed by atoms with van der Waals surface area (Å²) in [5.41, 5.74) is 5.89. The number of carboxylic acids is 1. The fourth-order valence-corrected chi connectivity index (χ4v) is 4.58. The molecule has 0 saturated heterocycles. The fourth-order valence-electron chi connectivity index (χ4n) is 3.66. The molecule has 0 saturated carbocycles. The Balaban J connectivity index is 2.26. The maximum absolute atomic E-state index is 11.0. The number of thiophene rings is 1. The van der Waals surface area contributed by atoms with Crippen molar-refractivity contribution in [3.8, 4) is 0 Å². The van der Waals surface area contributed by atoms with Crippen LogP contribution in [-0.4, -0.2) is 15.6 Å². The molecule has 2 rings (SSSR count). The summed E-state index contributed by atoms with van der Waals surface area (Å²) in [4.78, 5) is 13.1. The monoisotopic (exact) mass is 399 g/mol. The molecule has 0 bridgehead atoms. The summed E-state index contributed by atoms with van der Waals surface area (Å²) in [5.74, 6) is -0.871. The average Bonchev–Trinajstić information content (AvgIpc) is 3.19. The lowest BCUT2D eigenvalue weighted by atomic mass is 10.1. The maximum atomic E-state index is 11.0. The summed E-state index contributed by atoms with van der Waals surface area (Å²) < 4.78 is 2.48. The van der Waals surface area contributed by atoms with E-state index in [0.717, 1.165) is 22.7 Å². The standard InChI is InChI=1S/C24H33NO2S/c1-6-8-9-10-15-25-19(5)22(7-2)18(4)23(25)14-13-20-11-12-21(28-20)16-17(3)24(26)27/h11-14,16H,6-10,15H2,1-5H3,(H,26,27). The van der Waals surface area contributed by atoms with E-state index in [1.165, 1.54) is 48.2 Å². The van der Waals surface area contributed by atoms with E-state index in [0.29, 0.717) is 5.57 Å². The molecule has 0 aliphatic rings. The first-order valence-corrected chi connectivity index (χ1v) is 11.1. The minimum absolute atomic E-state index is 0.359. The third kappa shape index (κ3) is 5.48. The molecule has 28 heavy (non-hydrogen) atoms. The largest absolute Gasteiger partial charge is 0.478 e. The molecule has 152 valence electrons. The molecule has 2 aromatic heterocycles. The summed E-state index contributed by atoms with van der Waals surface area (Å²) in [5, 5.41) is 9.04. The quantitative estimate of drug-likeness (QED) is 0.346. The van der Waals surface area contributed by atoms with E-state index < -0.39 is 5.97 Å². The van der Waals surface area contributed by atoms with Gasteiger partial charge in [0.25, 0.3) is 0 Å². The highest BCUT2D eigenvalue weighted by Gasteiger charge is 2.14. The summed E-state index contributed by atoms with van der Waals surface area (Å²) in [7, 11) is 0. The van der Waals surface area contributed by atoms with Gasteiger partial charge in [-0.2, -0.15) is 0 Å². The lowest BCUT2D eigenvalue weighted by Gasteiger charge is -2.10. The molecule has 2 aromatic rings. The van der Waals surface area contributed by atoms with Crippen LogP contribution in [0.4, 0.5) is 0 Å². The molecule has 0 aromatic carbocycles. The lowest BCUT2D eigenvalue weighted by Crippen LogP contribution is -2.03. The van der Waals surface area contributed by atoms with Crippen molar-refractivity contribution in [2.75, 3.05) is 0 Å². The molecular weight excluding hydrogens is 366 g/mol. The smallest absolute Gasteiger partial charge is 0.331 e. The first kappa shape index (κ1) is 22.2. The third-order valence-electron chi connectivity index (χ3n) is 5.31. The molecule has 3 nitrogen and oxygen atoms in total. The summed E-state index contributed by atoms with van der Waals surface area (Å²) >= 11 is 1.62. The minimum Gasteiger partial charge on any atom is -0.478 e. The van der Waals surface area contributed by atoms with Gasteiger partial charge in [-0.25, -0.2) is 4.79 Å². The first-order chi connectivity index (χ1) is 13.4. The van der Waals surface area contributed by atoms with Gasteiger partial charge in [0.15, 0.2) is 0 Å². The number of aliphatic carboxylic acids is 1. The Bertz CT molecular complexity index is 868. The van der Waals surface area contributed by atoms with Crippen LogP contribution in [0.25, 0.3) is 18.2 Å². The highest BCUT2D eigenvalue weighted by molar-refractivity contribution is 7.13. The number of rotatable bonds is 10. The van der Waals surface area contributed by atoms with Gasteiger partial charge in [0.1, 0.15) is 0 Å². The molecule has 0 amide bonds. The SMILES string of the molecule is CCCCCCn1c(C)c(CC)c(C)c1C=Cc1ccc(C=C(C)C(=O)O)s1. The molecule has 1 N–H and O–H groups in total. The van der Waals surface area contributed by atoms with E-state index in [-0.39, 0.29) is 0 Å². The topological polar surface area (TPSA) is 42.2 Å². The summed E-state index contributed by atoms with van der Waals surface area (Å²) in [6.07, 6.45) is 12.2. The molecule has 0 aliphatic carbocycles. The maximum Gasteiger partial charge on any atom is 0.331 e. The molecule has 0 spiro atoms. The number of carboxylic acid groups (broad SMARTS) is 1. The molecule has 2 heterocycles. The highest BCUT2D eigenvalue weighted by atomic mass is 32.1. The normalized spacial score (nSPS) is 12.2. The van der Waals surface area contributed by atoms with Gasteiger partial charge < -0.3 is 9.67 Å². The van der Waals surface area contributed by atoms with E-state index in [1.807, 2.05) is 6.07 Å². The zero-order valence-corrected chi connectivity index (χ0v) is 18.7. The molecular formula is C24H33NO2S. The number of hydrogen-bond donors (Lipinski definition) is 1. The van der Waals surface area contributed by atoms with Crippen molar-refractivity contribution < 1.29 is 9.90 Å². The molecule has 0 aliphatic heterocycles. The zero-order valence-electron chi connectivity index (χ0n) is 17.8. The van der Waals surface area contributed by atoms with Gasteiger partial charge in [0, 0.05) is 33.3 Å². The lowest BCUT2D eigenvalue weighted by molar-refractivity contribution is -0.132. The van der Waals surface area contributed by atoms with Gasteiger partial charge in [-0.15, -0.1) is 11.3 Å². The van der Waals surface area contributed by atoms with Crippen LogP contribution in [-0.2, 0) is 17.8 Å². The van der Waals surface area contributed by atoms with Crippen LogP contribution in [0, 0.1) is 13.8 Å². The third-order valence-corrected chi connectivity index (χ3v) is 6.30. The Labute approximate surface area is 173 Å². The molecule has 0 radical (unpaired) electrons. The fraction of sp³-hybridized carbons (Fsp3) is 0.458. The predicted octanol–water partition coefficient (Wildman–Crippen LogP) is 6.97. The second-order valence-electron chi connectivity index (χ2n) is 7.35. The van der Waals surface area contributed by atoms with Crippen LogP contribution in [0.2, 0.25) is 0 Å². The zero-order chi connectivity index (χ0) is 20.7. The number of unbranched alkanes of at least 4 members (excludes halogenated alkanes) is 3. The Kier molecular flexibility index (Phi) is 8.31. The summed E-state index contributed by atoms with van der Waals surface area (Å²) in [6.45, 7) is 11.6. The number of nitrogens with zero attached hydrogens (tertiary/aromatic N) is 1. The van der Waals surface area contributed by atoms with Gasteiger partial charge in [0.05, 0.1) is 0 Å². The van der Waals surface area contributed by atoms with Crippen LogP contribution >= 0.6 is 11.3 Å². The average molecular weight is 400 g/mol. The van der Waals surface area contributed by atoms with Crippen molar-refractivity contribution >= 4 is 35.5 Å². The highest BCUT2D eigenvalue weighted by Crippen LogP contribution is 2.27. The minimum atomic E-state index is -0.871. The van der Waals surface area contributed by atoms with Crippen molar-refractivity contribution in [1.82, 2.24) is 4.57 Å². The number of aromatic nitrogens is 1. The van der Waals surface area contributed by atoms with Crippen molar-refractivity contribution in [1.29, 1.82) is 0 Å². The second-order valence-corrected chi connectivity index (χ2v) is 8.49. The second kappa shape index (κ2) is 10.5. The van der Waals surface area contributed by atoms with E-state index in [2.05, 4.69) is 50.5 Å². The van der Waals surface area contributed by atoms with E-state index in [9.17, 15) is 4.79 Å². The van der Waals surface area contributed by atoms with Crippen molar-refractivity contribution in [2.24, 2.45) is 0 Å². The number of hydrogen-bond acceptors (Lipinski definition) is 2. The van der Waals surface area contributed by atoms with Crippen molar-refractivity contribution in [3.05, 3.63) is 50.0 Å². The van der Waals surface area contributed by atoms with E-state index in [1.54, 1.807) is 24.3 Å². The van der Waals surface area contributed by atoms with Gasteiger partial charge in [0.2, 0.25) is 0 Å². The van der Waals surface area contributed by atoms with Crippen molar-refractivity contribution in [3.63, 3.8) is 0 Å². The Morgan fingerprint density at radius 2 is 1.82 bits per heavy atom. The molecule has 0 unspecified atom stereocenters. The van der Waals surface area contributed by atoms with Crippen LogP contribution in [0.1, 0.15) is 78.7 Å². The van der Waals surface area contributed by atoms with Gasteiger partial charge >= 0.3 is 5.97 Å². The van der Waals surface area contributed by atoms with Crippen molar-refractivity contribution in [2.45, 2.75) is 73.3 Å². The Hall–Kier alpha value is -2.07. The molecule has 0 atom stereocenters. The van der Waals surface area contributed by atoms with E-state index in [4.69, 9.17) is 5.11 Å². The van der Waals surface area contributed by atoms with E-state index >= 15 is 0 Å². The summed E-state index contributed by atoms with van der Waals surface area (Å²) in [6, 6.07) is 4.04. The molecule has 4 heteroatoms. The van der Waals surface area contributed by atoms with Gasteiger partial charge in [-0.05, 0) is 75.1 Å². The number of carbonyl (C=O) groups is 1. The first-order valence-electron chi connectivity index (χ1n) is 10.3.